The number of ketones is 1. The van der Waals surface area contributed by atoms with Crippen molar-refractivity contribution in [3.8, 4) is 5.75 Å². The molecule has 0 aliphatic heterocycles. The molecule has 1 rings (SSSR count). The van der Waals surface area contributed by atoms with Gasteiger partial charge in [0.25, 0.3) is 5.78 Å². The van der Waals surface area contributed by atoms with Crippen LogP contribution in [0.5, 0.6) is 5.75 Å². The van der Waals surface area contributed by atoms with Crippen molar-refractivity contribution in [3.05, 3.63) is 35.4 Å². The fourth-order valence-electron chi connectivity index (χ4n) is 1.42. The zero-order valence-electron chi connectivity index (χ0n) is 11.1. The maximum atomic E-state index is 11.7. The van der Waals surface area contributed by atoms with Gasteiger partial charge < -0.3 is 14.6 Å². The van der Waals surface area contributed by atoms with E-state index in [0.717, 1.165) is 0 Å². The van der Waals surface area contributed by atoms with Gasteiger partial charge in [-0.3, -0.25) is 4.79 Å². The predicted octanol–water partition coefficient (Wildman–Crippen LogP) is 2.12. The summed E-state index contributed by atoms with van der Waals surface area (Å²) in [7, 11) is 1.53. The van der Waals surface area contributed by atoms with E-state index in [0.29, 0.717) is 11.3 Å². The number of hydrogen-bond acceptors (Lipinski definition) is 5. The Morgan fingerprint density at radius 1 is 1.21 bits per heavy atom. The first-order valence-electron chi connectivity index (χ1n) is 5.77. The molecule has 1 aromatic carbocycles. The summed E-state index contributed by atoms with van der Waals surface area (Å²) in [6.07, 6.45) is 0. The molecule has 5 heteroatoms. The van der Waals surface area contributed by atoms with Crippen LogP contribution < -0.4 is 4.74 Å². The highest BCUT2D eigenvalue weighted by molar-refractivity contribution is 6.41. The van der Waals surface area contributed by atoms with Crippen molar-refractivity contribution >= 4 is 17.5 Å². The standard InChI is InChI=1S/C14H16O5/c1-4-19-14(17)13(16)9(2)12(15)10-5-7-11(18-3)8-6-10/h5-8,15H,4H2,1-3H3/b12-9-. The van der Waals surface area contributed by atoms with Crippen LogP contribution in [0.2, 0.25) is 0 Å². The molecule has 0 aliphatic carbocycles. The normalized spacial score (nSPS) is 11.5. The first-order chi connectivity index (χ1) is 9.01. The number of rotatable bonds is 5. The van der Waals surface area contributed by atoms with Crippen molar-refractivity contribution in [2.45, 2.75) is 13.8 Å². The smallest absolute Gasteiger partial charge is 0.379 e. The van der Waals surface area contributed by atoms with Crippen LogP contribution in [0, 0.1) is 0 Å². The number of aliphatic hydroxyl groups is 1. The lowest BCUT2D eigenvalue weighted by molar-refractivity contribution is -0.151. The largest absolute Gasteiger partial charge is 0.507 e. The Kier molecular flexibility index (Phi) is 5.11. The van der Waals surface area contributed by atoms with Gasteiger partial charge in [0, 0.05) is 11.1 Å². The minimum Gasteiger partial charge on any atom is -0.507 e. The molecule has 1 aromatic rings. The van der Waals surface area contributed by atoms with Crippen LogP contribution in [-0.4, -0.2) is 30.6 Å². The molecule has 0 bridgehead atoms. The van der Waals surface area contributed by atoms with Crippen molar-refractivity contribution in [2.24, 2.45) is 0 Å². The van der Waals surface area contributed by atoms with Crippen LogP contribution in [0.1, 0.15) is 19.4 Å². The van der Waals surface area contributed by atoms with E-state index in [1.54, 1.807) is 31.2 Å². The van der Waals surface area contributed by atoms with Crippen LogP contribution in [-0.2, 0) is 14.3 Å². The number of hydrogen-bond donors (Lipinski definition) is 1. The van der Waals surface area contributed by atoms with Crippen molar-refractivity contribution < 1.29 is 24.2 Å². The highest BCUT2D eigenvalue weighted by Crippen LogP contribution is 2.20. The second-order valence-electron chi connectivity index (χ2n) is 3.75. The van der Waals surface area contributed by atoms with Crippen molar-refractivity contribution in [2.75, 3.05) is 13.7 Å². The number of carbonyl (C=O) groups excluding carboxylic acids is 2. The minimum atomic E-state index is -0.972. The molecule has 0 saturated heterocycles. The Morgan fingerprint density at radius 3 is 2.26 bits per heavy atom. The SMILES string of the molecule is CCOC(=O)C(=O)/C(C)=C(\O)c1ccc(OC)cc1. The predicted molar refractivity (Wildman–Crippen MR) is 69.9 cm³/mol. The average Bonchev–Trinajstić information content (AvgIpc) is 2.45. The topological polar surface area (TPSA) is 72.8 Å². The zero-order valence-corrected chi connectivity index (χ0v) is 11.1. The summed E-state index contributed by atoms with van der Waals surface area (Å²) in [5.41, 5.74) is 0.375. The molecule has 0 saturated carbocycles. The van der Waals surface area contributed by atoms with E-state index in [2.05, 4.69) is 4.74 Å². The van der Waals surface area contributed by atoms with Crippen LogP contribution in [0.15, 0.2) is 29.8 Å². The maximum Gasteiger partial charge on any atom is 0.379 e. The lowest BCUT2D eigenvalue weighted by Gasteiger charge is -2.06. The van der Waals surface area contributed by atoms with Gasteiger partial charge >= 0.3 is 5.97 Å². The molecule has 0 fully saturated rings. The van der Waals surface area contributed by atoms with E-state index < -0.39 is 11.8 Å². The number of aliphatic hydroxyl groups excluding tert-OH is 1. The van der Waals surface area contributed by atoms with Gasteiger partial charge in [-0.1, -0.05) is 0 Å². The molecule has 0 amide bonds. The van der Waals surface area contributed by atoms with Crippen molar-refractivity contribution in [1.82, 2.24) is 0 Å². The Balaban J connectivity index is 3.00. The molecule has 0 heterocycles. The number of Topliss-reactive ketones (excluding diaryl/α,β-unsaturated/α-hetero) is 1. The lowest BCUT2D eigenvalue weighted by atomic mass is 10.1. The summed E-state index contributed by atoms with van der Waals surface area (Å²) >= 11 is 0. The maximum absolute atomic E-state index is 11.7. The summed E-state index contributed by atoms with van der Waals surface area (Å²) < 4.78 is 9.58. The zero-order chi connectivity index (χ0) is 14.4. The summed E-state index contributed by atoms with van der Waals surface area (Å²) in [6.45, 7) is 3.09. The monoisotopic (exact) mass is 264 g/mol. The van der Waals surface area contributed by atoms with Crippen LogP contribution in [0.25, 0.3) is 5.76 Å². The van der Waals surface area contributed by atoms with Gasteiger partial charge in [-0.2, -0.15) is 0 Å². The summed E-state index contributed by atoms with van der Waals surface area (Å²) in [5, 5.41) is 9.95. The van der Waals surface area contributed by atoms with Gasteiger partial charge in [0.1, 0.15) is 11.5 Å². The van der Waals surface area contributed by atoms with Crippen molar-refractivity contribution in [3.63, 3.8) is 0 Å². The van der Waals surface area contributed by atoms with E-state index in [4.69, 9.17) is 4.74 Å². The van der Waals surface area contributed by atoms with E-state index in [-0.39, 0.29) is 17.9 Å². The van der Waals surface area contributed by atoms with Crippen LogP contribution >= 0.6 is 0 Å². The van der Waals surface area contributed by atoms with Crippen LogP contribution in [0.4, 0.5) is 0 Å². The van der Waals surface area contributed by atoms with Gasteiger partial charge in [0.15, 0.2) is 0 Å². The fourth-order valence-corrected chi connectivity index (χ4v) is 1.42. The lowest BCUT2D eigenvalue weighted by Crippen LogP contribution is -2.19. The molecule has 0 radical (unpaired) electrons. The van der Waals surface area contributed by atoms with Gasteiger partial charge in [-0.25, -0.2) is 4.79 Å². The third-order valence-electron chi connectivity index (χ3n) is 2.52. The van der Waals surface area contributed by atoms with E-state index >= 15 is 0 Å². The third-order valence-corrected chi connectivity index (χ3v) is 2.52. The number of benzene rings is 1. The molecule has 0 aromatic heterocycles. The number of carbonyl (C=O) groups is 2. The molecular weight excluding hydrogens is 248 g/mol. The molecule has 0 spiro atoms. The van der Waals surface area contributed by atoms with Gasteiger partial charge in [0.2, 0.25) is 0 Å². The summed E-state index contributed by atoms with van der Waals surface area (Å²) in [5.74, 6) is -1.44. The Bertz CT molecular complexity index is 499. The van der Waals surface area contributed by atoms with E-state index in [1.807, 2.05) is 0 Å². The molecule has 5 nitrogen and oxygen atoms in total. The highest BCUT2D eigenvalue weighted by Gasteiger charge is 2.20. The van der Waals surface area contributed by atoms with Gasteiger partial charge in [-0.05, 0) is 38.1 Å². The number of methoxy groups -OCH3 is 1. The Morgan fingerprint density at radius 2 is 1.79 bits per heavy atom. The van der Waals surface area contributed by atoms with Gasteiger partial charge in [0.05, 0.1) is 13.7 Å². The summed E-state index contributed by atoms with van der Waals surface area (Å²) in [4.78, 5) is 22.9. The summed E-state index contributed by atoms with van der Waals surface area (Å²) in [6, 6.07) is 6.48. The van der Waals surface area contributed by atoms with Gasteiger partial charge in [-0.15, -0.1) is 0 Å². The third kappa shape index (κ3) is 3.58. The molecule has 0 aliphatic rings. The molecular formula is C14H16O5. The first-order valence-corrected chi connectivity index (χ1v) is 5.77. The fraction of sp³-hybridized carbons (Fsp3) is 0.286. The molecule has 102 valence electrons. The number of ether oxygens (including phenoxy) is 2. The molecule has 1 N–H and O–H groups in total. The van der Waals surface area contributed by atoms with E-state index in [9.17, 15) is 14.7 Å². The Labute approximate surface area is 111 Å². The minimum absolute atomic E-state index is 0.0522. The average molecular weight is 264 g/mol. The van der Waals surface area contributed by atoms with E-state index in [1.165, 1.54) is 14.0 Å². The van der Waals surface area contributed by atoms with Crippen molar-refractivity contribution in [1.29, 1.82) is 0 Å². The first kappa shape index (κ1) is 14.8. The molecule has 19 heavy (non-hydrogen) atoms. The quantitative estimate of drug-likeness (QED) is 0.381. The highest BCUT2D eigenvalue weighted by atomic mass is 16.5. The second kappa shape index (κ2) is 6.58. The second-order valence-corrected chi connectivity index (χ2v) is 3.75. The molecule has 0 atom stereocenters. The van der Waals surface area contributed by atoms with Crippen LogP contribution in [0.3, 0.4) is 0 Å². The molecule has 0 unspecified atom stereocenters. The Hall–Kier alpha value is -2.30. The number of esters is 1.